The molecular weight excluding hydrogens is 424 g/mol. The monoisotopic (exact) mass is 466 g/mol. The fourth-order valence-corrected chi connectivity index (χ4v) is 4.20. The average molecular weight is 467 g/mol. The number of nitrogens with one attached hydrogen (secondary N) is 2. The van der Waals surface area contributed by atoms with Crippen LogP contribution in [-0.2, 0) is 20.5 Å². The lowest BCUT2D eigenvalue weighted by molar-refractivity contribution is 0.0414. The highest BCUT2D eigenvalue weighted by Gasteiger charge is 2.42. The van der Waals surface area contributed by atoms with Gasteiger partial charge in [0.2, 0.25) is 0 Å². The molecule has 0 aliphatic heterocycles. The van der Waals surface area contributed by atoms with E-state index in [0.29, 0.717) is 0 Å². The minimum Gasteiger partial charge on any atom is -0.445 e. The van der Waals surface area contributed by atoms with Crippen LogP contribution in [0.1, 0.15) is 61.0 Å². The normalized spacial score (nSPS) is 15.3. The van der Waals surface area contributed by atoms with Crippen molar-refractivity contribution in [1.29, 1.82) is 0 Å². The number of hydrogen-bond donors (Lipinski definition) is 2. The Balaban J connectivity index is 2.90. The predicted molar refractivity (Wildman–Crippen MR) is 130 cm³/mol. The Labute approximate surface area is 194 Å². The van der Waals surface area contributed by atoms with Gasteiger partial charge >= 0.3 is 12.2 Å². The Hall–Kier alpha value is -2.06. The highest BCUT2D eigenvalue weighted by Crippen LogP contribution is 2.38. The van der Waals surface area contributed by atoms with Crippen LogP contribution in [0.2, 0.25) is 18.1 Å². The molecule has 0 heterocycles. The topological polar surface area (TPSA) is 85.9 Å². The number of rotatable bonds is 8. The molecule has 2 N–H and O–H groups in total. The van der Waals surface area contributed by atoms with Gasteiger partial charge in [-0.15, -0.1) is 0 Å². The maximum Gasteiger partial charge on any atom is 0.407 e. The Kier molecular flexibility index (Phi) is 9.78. The number of carbonyl (C=O) groups is 2. The lowest BCUT2D eigenvalue weighted by Crippen LogP contribution is -2.58. The lowest BCUT2D eigenvalue weighted by atomic mass is 10.1. The number of amides is 2. The lowest BCUT2D eigenvalue weighted by Gasteiger charge is -2.42. The first-order chi connectivity index (χ1) is 14.5. The Morgan fingerprint density at radius 2 is 1.41 bits per heavy atom. The van der Waals surface area contributed by atoms with E-state index >= 15 is 0 Å². The summed E-state index contributed by atoms with van der Waals surface area (Å²) in [4.78, 5) is 24.8. The molecule has 1 aromatic rings. The maximum absolute atomic E-state index is 12.4. The molecule has 2 amide bonds. The van der Waals surface area contributed by atoms with Crippen molar-refractivity contribution in [3.8, 4) is 0 Å². The van der Waals surface area contributed by atoms with Crippen LogP contribution in [0.15, 0.2) is 30.3 Å². The molecule has 0 unspecified atom stereocenters. The number of alkyl carbamates (subject to hydrolysis) is 2. The first-order valence-electron chi connectivity index (χ1n) is 11.2. The van der Waals surface area contributed by atoms with Gasteiger partial charge in [-0.2, -0.15) is 0 Å². The molecule has 0 aliphatic carbocycles. The second kappa shape index (κ2) is 11.2. The van der Waals surface area contributed by atoms with E-state index < -0.39 is 44.3 Å². The summed E-state index contributed by atoms with van der Waals surface area (Å²) in [6, 6.07) is 8.69. The van der Waals surface area contributed by atoms with Crippen molar-refractivity contribution in [3.63, 3.8) is 0 Å². The van der Waals surface area contributed by atoms with E-state index in [2.05, 4.69) is 44.5 Å². The number of hydrogen-bond acceptors (Lipinski definition) is 5. The van der Waals surface area contributed by atoms with Crippen LogP contribution in [0.25, 0.3) is 0 Å². The molecule has 0 saturated carbocycles. The summed E-state index contributed by atoms with van der Waals surface area (Å²) in [5.41, 5.74) is 0.300. The molecule has 8 heteroatoms. The SMILES string of the molecule is C[C@H](NC(=O)OCc1ccccc1)[C@@H](O[Si](C)(C)C(C)(C)C)[C@H](C)NC(=O)OC(C)(C)C. The molecule has 0 spiro atoms. The van der Waals surface area contributed by atoms with Crippen LogP contribution < -0.4 is 10.6 Å². The zero-order chi connectivity index (χ0) is 24.7. The van der Waals surface area contributed by atoms with Gasteiger partial charge in [-0.3, -0.25) is 0 Å². The third-order valence-electron chi connectivity index (χ3n) is 5.53. The van der Waals surface area contributed by atoms with Crippen LogP contribution in [0, 0.1) is 0 Å². The molecule has 0 saturated heterocycles. The van der Waals surface area contributed by atoms with Crippen LogP contribution in [-0.4, -0.2) is 44.3 Å². The van der Waals surface area contributed by atoms with E-state index in [1.165, 1.54) is 0 Å². The summed E-state index contributed by atoms with van der Waals surface area (Å²) >= 11 is 0. The Bertz CT molecular complexity index is 741. The fourth-order valence-electron chi connectivity index (χ4n) is 2.76. The van der Waals surface area contributed by atoms with Gasteiger partial charge in [-0.25, -0.2) is 9.59 Å². The van der Waals surface area contributed by atoms with Crippen molar-refractivity contribution in [2.75, 3.05) is 0 Å². The van der Waals surface area contributed by atoms with Crippen molar-refractivity contribution in [1.82, 2.24) is 10.6 Å². The number of ether oxygens (including phenoxy) is 2. The molecule has 0 aliphatic rings. The van der Waals surface area contributed by atoms with Crippen LogP contribution in [0.4, 0.5) is 9.59 Å². The molecule has 1 rings (SSSR count). The van der Waals surface area contributed by atoms with Gasteiger partial charge in [0.25, 0.3) is 0 Å². The predicted octanol–water partition coefficient (Wildman–Crippen LogP) is 5.60. The van der Waals surface area contributed by atoms with Gasteiger partial charge in [0.1, 0.15) is 12.2 Å². The number of carbonyl (C=O) groups excluding carboxylic acids is 2. The molecule has 1 aromatic carbocycles. The molecule has 182 valence electrons. The van der Waals surface area contributed by atoms with Crippen LogP contribution in [0.3, 0.4) is 0 Å². The van der Waals surface area contributed by atoms with E-state index in [4.69, 9.17) is 13.9 Å². The first kappa shape index (κ1) is 28.0. The van der Waals surface area contributed by atoms with Gasteiger partial charge in [0.05, 0.1) is 18.2 Å². The van der Waals surface area contributed by atoms with E-state index in [9.17, 15) is 9.59 Å². The van der Waals surface area contributed by atoms with Gasteiger partial charge < -0.3 is 24.5 Å². The Morgan fingerprint density at radius 1 is 0.906 bits per heavy atom. The summed E-state index contributed by atoms with van der Waals surface area (Å²) in [6.07, 6.45) is -1.52. The molecule has 0 bridgehead atoms. The van der Waals surface area contributed by atoms with Crippen LogP contribution >= 0.6 is 0 Å². The highest BCUT2D eigenvalue weighted by atomic mass is 28.4. The van der Waals surface area contributed by atoms with E-state index in [-0.39, 0.29) is 11.6 Å². The van der Waals surface area contributed by atoms with Gasteiger partial charge in [-0.05, 0) is 58.3 Å². The molecule has 3 atom stereocenters. The average Bonchev–Trinajstić information content (AvgIpc) is 2.62. The first-order valence-corrected chi connectivity index (χ1v) is 14.1. The minimum absolute atomic E-state index is 0.0373. The molecule has 0 radical (unpaired) electrons. The summed E-state index contributed by atoms with van der Waals surface area (Å²) in [6.45, 7) is 20.1. The van der Waals surface area contributed by atoms with Crippen molar-refractivity contribution < 1.29 is 23.5 Å². The quantitative estimate of drug-likeness (QED) is 0.487. The van der Waals surface area contributed by atoms with E-state index in [1.807, 2.05) is 65.0 Å². The van der Waals surface area contributed by atoms with E-state index in [0.717, 1.165) is 5.56 Å². The Morgan fingerprint density at radius 3 is 1.88 bits per heavy atom. The summed E-state index contributed by atoms with van der Waals surface area (Å²) in [5, 5.41) is 5.70. The third kappa shape index (κ3) is 9.61. The van der Waals surface area contributed by atoms with Crippen molar-refractivity contribution in [3.05, 3.63) is 35.9 Å². The van der Waals surface area contributed by atoms with Crippen molar-refractivity contribution >= 4 is 20.5 Å². The third-order valence-corrected chi connectivity index (χ3v) is 10.00. The zero-order valence-corrected chi connectivity index (χ0v) is 22.4. The van der Waals surface area contributed by atoms with Gasteiger partial charge in [-0.1, -0.05) is 51.1 Å². The van der Waals surface area contributed by atoms with Crippen LogP contribution in [0.5, 0.6) is 0 Å². The molecular formula is C24H42N2O5Si. The van der Waals surface area contributed by atoms with Gasteiger partial charge in [0.15, 0.2) is 8.32 Å². The molecule has 0 aromatic heterocycles. The number of benzene rings is 1. The fraction of sp³-hybridized carbons (Fsp3) is 0.667. The summed E-state index contributed by atoms with van der Waals surface area (Å²) in [5.74, 6) is 0. The molecule has 32 heavy (non-hydrogen) atoms. The molecule has 7 nitrogen and oxygen atoms in total. The summed E-state index contributed by atoms with van der Waals surface area (Å²) < 4.78 is 17.4. The minimum atomic E-state index is -2.20. The standard InChI is InChI=1S/C24H42N2O5Si/c1-17(25-21(27)29-16-19-14-12-11-13-15-19)20(31-32(9,10)24(6,7)8)18(2)26-22(28)30-23(3,4)5/h11-15,17-18,20H,16H2,1-10H3,(H,25,27)(H,26,28)/t17-,18-,20+/m0/s1. The maximum atomic E-state index is 12.4. The van der Waals surface area contributed by atoms with E-state index in [1.54, 1.807) is 0 Å². The smallest absolute Gasteiger partial charge is 0.407 e. The zero-order valence-electron chi connectivity index (χ0n) is 21.4. The highest BCUT2D eigenvalue weighted by molar-refractivity contribution is 6.74. The van der Waals surface area contributed by atoms with Crippen molar-refractivity contribution in [2.24, 2.45) is 0 Å². The molecule has 0 fully saturated rings. The van der Waals surface area contributed by atoms with Gasteiger partial charge in [0, 0.05) is 0 Å². The summed E-state index contributed by atoms with van der Waals surface area (Å²) in [7, 11) is -2.20. The second-order valence-corrected chi connectivity index (χ2v) is 15.5. The van der Waals surface area contributed by atoms with Crippen molar-refractivity contribution in [2.45, 2.75) is 104 Å². The second-order valence-electron chi connectivity index (χ2n) is 10.8. The largest absolute Gasteiger partial charge is 0.445 e.